The first-order valence-corrected chi connectivity index (χ1v) is 4.17. The van der Waals surface area contributed by atoms with Crippen LogP contribution in [0.2, 0.25) is 0 Å². The molecule has 0 spiro atoms. The molecule has 0 fully saturated rings. The monoisotopic (exact) mass is 182 g/mol. The number of benzene rings is 1. The van der Waals surface area contributed by atoms with Crippen LogP contribution in [0.4, 0.5) is 4.39 Å². The number of fused-ring (bicyclic) bond motifs is 1. The van der Waals surface area contributed by atoms with Gasteiger partial charge in [-0.15, -0.1) is 0 Å². The predicted molar refractivity (Wildman–Crippen MR) is 46.7 cm³/mol. The van der Waals surface area contributed by atoms with Crippen molar-refractivity contribution in [1.29, 1.82) is 0 Å². The molecule has 0 aromatic heterocycles. The molecule has 0 saturated heterocycles. The molecule has 1 unspecified atom stereocenters. The summed E-state index contributed by atoms with van der Waals surface area (Å²) in [6.45, 7) is 5.09. The summed E-state index contributed by atoms with van der Waals surface area (Å²) in [4.78, 5) is 0. The zero-order valence-corrected chi connectivity index (χ0v) is 7.85. The molecule has 1 aliphatic heterocycles. The summed E-state index contributed by atoms with van der Waals surface area (Å²) < 4.78 is 23.2. The average molecular weight is 182 g/mol. The fourth-order valence-corrected chi connectivity index (χ4v) is 1.37. The lowest BCUT2D eigenvalue weighted by Crippen LogP contribution is -2.28. The minimum Gasteiger partial charge on any atom is -0.423 e. The summed E-state index contributed by atoms with van der Waals surface area (Å²) >= 11 is 0. The van der Waals surface area contributed by atoms with Gasteiger partial charge in [0.1, 0.15) is 0 Å². The normalized spacial score (nSPS) is 24.9. The van der Waals surface area contributed by atoms with E-state index in [1.165, 1.54) is 6.92 Å². The van der Waals surface area contributed by atoms with Gasteiger partial charge >= 0.3 is 6.04 Å². The Balaban J connectivity index is 2.53. The molecular formula is C10H11FO2. The number of ether oxygens (including phenoxy) is 2. The minimum absolute atomic E-state index is 0.480. The fourth-order valence-electron chi connectivity index (χ4n) is 1.37. The summed E-state index contributed by atoms with van der Waals surface area (Å²) in [5.74, 6) is 0.998. The molecule has 1 atom stereocenters. The minimum atomic E-state index is -2.01. The van der Waals surface area contributed by atoms with Crippen LogP contribution in [0.15, 0.2) is 12.1 Å². The van der Waals surface area contributed by atoms with E-state index < -0.39 is 6.04 Å². The van der Waals surface area contributed by atoms with Gasteiger partial charge in [-0.25, -0.2) is 0 Å². The summed E-state index contributed by atoms with van der Waals surface area (Å²) in [6.07, 6.45) is 0. The molecule has 70 valence electrons. The zero-order valence-electron chi connectivity index (χ0n) is 7.85. The van der Waals surface area contributed by atoms with E-state index >= 15 is 0 Å². The van der Waals surface area contributed by atoms with E-state index in [0.29, 0.717) is 11.5 Å². The molecule has 3 heteroatoms. The number of rotatable bonds is 0. The molecular weight excluding hydrogens is 171 g/mol. The Morgan fingerprint density at radius 1 is 1.23 bits per heavy atom. The van der Waals surface area contributed by atoms with Crippen LogP contribution in [-0.4, -0.2) is 6.04 Å². The summed E-state index contributed by atoms with van der Waals surface area (Å²) in [5.41, 5.74) is 2.00. The molecule has 1 heterocycles. The van der Waals surface area contributed by atoms with Crippen molar-refractivity contribution in [3.63, 3.8) is 0 Å². The maximum atomic E-state index is 13.3. The Morgan fingerprint density at radius 3 is 2.62 bits per heavy atom. The van der Waals surface area contributed by atoms with Crippen molar-refractivity contribution in [2.75, 3.05) is 0 Å². The highest BCUT2D eigenvalue weighted by Gasteiger charge is 2.37. The van der Waals surface area contributed by atoms with Crippen LogP contribution >= 0.6 is 0 Å². The van der Waals surface area contributed by atoms with E-state index in [1.54, 1.807) is 6.07 Å². The van der Waals surface area contributed by atoms with Gasteiger partial charge in [-0.05, 0) is 31.0 Å². The number of aryl methyl sites for hydroxylation is 1. The van der Waals surface area contributed by atoms with E-state index in [2.05, 4.69) is 0 Å². The van der Waals surface area contributed by atoms with Crippen molar-refractivity contribution in [2.45, 2.75) is 26.8 Å². The summed E-state index contributed by atoms with van der Waals surface area (Å²) in [7, 11) is 0. The van der Waals surface area contributed by atoms with Gasteiger partial charge in [-0.3, -0.25) is 0 Å². The molecule has 0 amide bonds. The largest absolute Gasteiger partial charge is 0.423 e. The van der Waals surface area contributed by atoms with Gasteiger partial charge in [0.25, 0.3) is 0 Å². The number of alkyl halides is 1. The maximum absolute atomic E-state index is 13.3. The van der Waals surface area contributed by atoms with Crippen molar-refractivity contribution in [1.82, 2.24) is 0 Å². The average Bonchev–Trinajstić information content (AvgIpc) is 2.34. The molecule has 0 saturated carbocycles. The molecule has 0 aliphatic carbocycles. The van der Waals surface area contributed by atoms with Gasteiger partial charge in [0.15, 0.2) is 11.5 Å². The molecule has 1 aromatic carbocycles. The van der Waals surface area contributed by atoms with E-state index in [4.69, 9.17) is 9.47 Å². The molecule has 2 nitrogen and oxygen atoms in total. The van der Waals surface area contributed by atoms with E-state index in [9.17, 15) is 4.39 Å². The van der Waals surface area contributed by atoms with E-state index in [0.717, 1.165) is 11.1 Å². The number of hydrogen-bond donors (Lipinski definition) is 0. The van der Waals surface area contributed by atoms with Crippen LogP contribution in [0, 0.1) is 13.8 Å². The van der Waals surface area contributed by atoms with Crippen LogP contribution in [0.3, 0.4) is 0 Å². The van der Waals surface area contributed by atoms with E-state index in [1.807, 2.05) is 19.9 Å². The van der Waals surface area contributed by atoms with Crippen molar-refractivity contribution >= 4 is 0 Å². The molecule has 2 rings (SSSR count). The third-order valence-corrected chi connectivity index (χ3v) is 2.22. The van der Waals surface area contributed by atoms with Crippen molar-refractivity contribution in [2.24, 2.45) is 0 Å². The number of halogens is 1. The fraction of sp³-hybridized carbons (Fsp3) is 0.400. The Bertz CT molecular complexity index is 358. The highest BCUT2D eigenvalue weighted by molar-refractivity contribution is 5.51. The first kappa shape index (κ1) is 8.35. The lowest BCUT2D eigenvalue weighted by molar-refractivity contribution is -0.173. The molecule has 0 radical (unpaired) electrons. The molecule has 13 heavy (non-hydrogen) atoms. The predicted octanol–water partition coefficient (Wildman–Crippen LogP) is 2.72. The highest BCUT2D eigenvalue weighted by Crippen LogP contribution is 2.43. The van der Waals surface area contributed by atoms with Gasteiger partial charge in [0.05, 0.1) is 0 Å². The molecule has 0 N–H and O–H groups in total. The van der Waals surface area contributed by atoms with Crippen molar-refractivity contribution in [3.05, 3.63) is 23.3 Å². The highest BCUT2D eigenvalue weighted by atomic mass is 19.2. The maximum Gasteiger partial charge on any atom is 0.404 e. The van der Waals surface area contributed by atoms with Crippen molar-refractivity contribution in [3.8, 4) is 11.5 Å². The van der Waals surface area contributed by atoms with Crippen LogP contribution < -0.4 is 9.47 Å². The van der Waals surface area contributed by atoms with Crippen LogP contribution in [0.25, 0.3) is 0 Å². The Morgan fingerprint density at radius 2 is 1.92 bits per heavy atom. The van der Waals surface area contributed by atoms with Crippen LogP contribution in [0.5, 0.6) is 11.5 Å². The van der Waals surface area contributed by atoms with Gasteiger partial charge in [-0.2, -0.15) is 4.39 Å². The van der Waals surface area contributed by atoms with Crippen LogP contribution in [0.1, 0.15) is 18.1 Å². The number of hydrogen-bond acceptors (Lipinski definition) is 2. The zero-order chi connectivity index (χ0) is 9.64. The standard InChI is InChI=1S/C10H11FO2/c1-6-4-5-8-9(7(6)2)13-10(3,11)12-8/h4-5H,1-3H3. The van der Waals surface area contributed by atoms with E-state index in [-0.39, 0.29) is 0 Å². The van der Waals surface area contributed by atoms with Gasteiger partial charge in [0.2, 0.25) is 0 Å². The van der Waals surface area contributed by atoms with Gasteiger partial charge < -0.3 is 9.47 Å². The molecule has 1 aromatic rings. The second-order valence-corrected chi connectivity index (χ2v) is 3.37. The smallest absolute Gasteiger partial charge is 0.404 e. The van der Waals surface area contributed by atoms with Gasteiger partial charge in [-0.1, -0.05) is 6.07 Å². The summed E-state index contributed by atoms with van der Waals surface area (Å²) in [5, 5.41) is 0. The third kappa shape index (κ3) is 1.24. The summed E-state index contributed by atoms with van der Waals surface area (Å²) in [6, 6.07) is 1.60. The second-order valence-electron chi connectivity index (χ2n) is 3.37. The van der Waals surface area contributed by atoms with Crippen molar-refractivity contribution < 1.29 is 13.9 Å². The Hall–Kier alpha value is -1.25. The second kappa shape index (κ2) is 2.37. The molecule has 1 aliphatic rings. The van der Waals surface area contributed by atoms with Crippen LogP contribution in [-0.2, 0) is 0 Å². The first-order valence-electron chi connectivity index (χ1n) is 4.17. The third-order valence-electron chi connectivity index (χ3n) is 2.22. The topological polar surface area (TPSA) is 18.5 Å². The Kier molecular flexibility index (Phi) is 1.53. The lowest BCUT2D eigenvalue weighted by atomic mass is 10.1. The lowest BCUT2D eigenvalue weighted by Gasteiger charge is -2.11. The SMILES string of the molecule is Cc1ccc2c(c1C)OC(C)(F)O2. The quantitative estimate of drug-likeness (QED) is 0.614. The molecule has 0 bridgehead atoms. The van der Waals surface area contributed by atoms with Gasteiger partial charge in [0, 0.05) is 6.92 Å². The Labute approximate surface area is 76.3 Å². The first-order chi connectivity index (χ1) is 5.99.